The molecule has 2 rings (SSSR count). The van der Waals surface area contributed by atoms with E-state index in [-0.39, 0.29) is 12.1 Å². The number of aromatic nitrogens is 2. The van der Waals surface area contributed by atoms with Crippen LogP contribution in [0, 0.1) is 5.92 Å². The van der Waals surface area contributed by atoms with Gasteiger partial charge in [0, 0.05) is 19.3 Å². The summed E-state index contributed by atoms with van der Waals surface area (Å²) < 4.78 is 7.92. The molecule has 0 saturated heterocycles. The molecule has 0 amide bonds. The van der Waals surface area contributed by atoms with Crippen LogP contribution >= 0.6 is 0 Å². The van der Waals surface area contributed by atoms with E-state index >= 15 is 0 Å². The molecule has 0 bridgehead atoms. The highest BCUT2D eigenvalue weighted by atomic mass is 16.5. The van der Waals surface area contributed by atoms with Crippen molar-refractivity contribution < 1.29 is 4.74 Å². The van der Waals surface area contributed by atoms with Crippen molar-refractivity contribution >= 4 is 0 Å². The first-order valence-electron chi connectivity index (χ1n) is 6.91. The molecule has 1 aliphatic carbocycles. The summed E-state index contributed by atoms with van der Waals surface area (Å²) in [4.78, 5) is 0. The van der Waals surface area contributed by atoms with Crippen LogP contribution in [0.25, 0.3) is 0 Å². The summed E-state index contributed by atoms with van der Waals surface area (Å²) in [6.45, 7) is 5.83. The second kappa shape index (κ2) is 6.31. The van der Waals surface area contributed by atoms with Gasteiger partial charge in [-0.25, -0.2) is 5.43 Å². The lowest BCUT2D eigenvalue weighted by Gasteiger charge is -2.27. The van der Waals surface area contributed by atoms with Crippen molar-refractivity contribution in [3.8, 4) is 0 Å². The van der Waals surface area contributed by atoms with E-state index in [1.165, 1.54) is 12.8 Å². The second-order valence-electron chi connectivity index (χ2n) is 4.88. The Bertz CT molecular complexity index is 362. The largest absolute Gasteiger partial charge is 0.376 e. The topological polar surface area (TPSA) is 65.1 Å². The van der Waals surface area contributed by atoms with E-state index in [1.807, 2.05) is 23.9 Å². The zero-order chi connectivity index (χ0) is 13.0. The third kappa shape index (κ3) is 2.91. The van der Waals surface area contributed by atoms with Crippen LogP contribution in [0.15, 0.2) is 12.3 Å². The molecule has 1 aromatic rings. The van der Waals surface area contributed by atoms with Gasteiger partial charge >= 0.3 is 0 Å². The average molecular weight is 252 g/mol. The van der Waals surface area contributed by atoms with Crippen molar-refractivity contribution in [2.24, 2.45) is 11.8 Å². The number of ether oxygens (including phenoxy) is 1. The maximum absolute atomic E-state index is 5.89. The quantitative estimate of drug-likeness (QED) is 0.545. The Morgan fingerprint density at radius 2 is 2.33 bits per heavy atom. The third-order valence-electron chi connectivity index (χ3n) is 3.46. The fraction of sp³-hybridized carbons (Fsp3) is 0.769. The SMILES string of the molecule is CCCn1nccc1C(NN)C(OCC)C1CC1. The van der Waals surface area contributed by atoms with Crippen LogP contribution in [-0.4, -0.2) is 22.5 Å². The maximum atomic E-state index is 5.89. The summed E-state index contributed by atoms with van der Waals surface area (Å²) in [5, 5.41) is 4.36. The van der Waals surface area contributed by atoms with E-state index in [1.54, 1.807) is 0 Å². The van der Waals surface area contributed by atoms with E-state index in [0.29, 0.717) is 5.92 Å². The Morgan fingerprint density at radius 3 is 2.89 bits per heavy atom. The number of hydrazine groups is 1. The molecule has 18 heavy (non-hydrogen) atoms. The predicted octanol–water partition coefficient (Wildman–Crippen LogP) is 1.61. The zero-order valence-corrected chi connectivity index (χ0v) is 11.3. The third-order valence-corrected chi connectivity index (χ3v) is 3.46. The minimum Gasteiger partial charge on any atom is -0.376 e. The average Bonchev–Trinajstić information content (AvgIpc) is 3.12. The van der Waals surface area contributed by atoms with Gasteiger partial charge in [-0.05, 0) is 38.2 Å². The number of aryl methyl sites for hydroxylation is 1. The summed E-state index contributed by atoms with van der Waals surface area (Å²) in [7, 11) is 0. The van der Waals surface area contributed by atoms with Crippen molar-refractivity contribution in [2.75, 3.05) is 6.61 Å². The van der Waals surface area contributed by atoms with Gasteiger partial charge in [-0.1, -0.05) is 6.92 Å². The van der Waals surface area contributed by atoms with Gasteiger partial charge in [-0.3, -0.25) is 10.5 Å². The Morgan fingerprint density at radius 1 is 1.56 bits per heavy atom. The van der Waals surface area contributed by atoms with Gasteiger partial charge in [0.1, 0.15) is 0 Å². The fourth-order valence-corrected chi connectivity index (χ4v) is 2.48. The smallest absolute Gasteiger partial charge is 0.0893 e. The van der Waals surface area contributed by atoms with Gasteiger partial charge < -0.3 is 4.74 Å². The first-order chi connectivity index (χ1) is 8.81. The van der Waals surface area contributed by atoms with Crippen molar-refractivity contribution in [1.29, 1.82) is 0 Å². The van der Waals surface area contributed by atoms with Gasteiger partial charge in [0.2, 0.25) is 0 Å². The minimum atomic E-state index is 0.0338. The molecule has 1 heterocycles. The summed E-state index contributed by atoms with van der Waals surface area (Å²) >= 11 is 0. The van der Waals surface area contributed by atoms with Gasteiger partial charge in [-0.2, -0.15) is 5.10 Å². The van der Waals surface area contributed by atoms with Crippen molar-refractivity contribution in [2.45, 2.75) is 51.8 Å². The molecule has 0 spiro atoms. The standard InChI is InChI=1S/C13H24N4O/c1-3-9-17-11(7-8-15-17)12(16-14)13(18-4-2)10-5-6-10/h7-8,10,12-13,16H,3-6,9,14H2,1-2H3. The Kier molecular flexibility index (Phi) is 4.74. The number of hydrogen-bond acceptors (Lipinski definition) is 4. The Balaban J connectivity index is 2.16. The van der Waals surface area contributed by atoms with E-state index in [4.69, 9.17) is 10.6 Å². The molecular formula is C13H24N4O. The number of hydrogen-bond donors (Lipinski definition) is 2. The van der Waals surface area contributed by atoms with Crippen molar-refractivity contribution in [1.82, 2.24) is 15.2 Å². The lowest BCUT2D eigenvalue weighted by molar-refractivity contribution is 0.0163. The molecule has 5 nitrogen and oxygen atoms in total. The van der Waals surface area contributed by atoms with Gasteiger partial charge in [0.15, 0.2) is 0 Å². The summed E-state index contributed by atoms with van der Waals surface area (Å²) in [6.07, 6.45) is 5.54. The van der Waals surface area contributed by atoms with Crippen LogP contribution < -0.4 is 11.3 Å². The number of nitrogens with one attached hydrogen (secondary N) is 1. The molecule has 0 aromatic carbocycles. The minimum absolute atomic E-state index is 0.0338. The highest BCUT2D eigenvalue weighted by Gasteiger charge is 2.38. The summed E-state index contributed by atoms with van der Waals surface area (Å²) in [6, 6.07) is 2.07. The van der Waals surface area contributed by atoms with Crippen LogP contribution in [-0.2, 0) is 11.3 Å². The fourth-order valence-electron chi connectivity index (χ4n) is 2.48. The maximum Gasteiger partial charge on any atom is 0.0893 e. The van der Waals surface area contributed by atoms with E-state index in [9.17, 15) is 0 Å². The lowest BCUT2D eigenvalue weighted by Crippen LogP contribution is -2.40. The molecular weight excluding hydrogens is 228 g/mol. The molecule has 3 N–H and O–H groups in total. The summed E-state index contributed by atoms with van der Waals surface area (Å²) in [5.41, 5.74) is 4.05. The van der Waals surface area contributed by atoms with Gasteiger partial charge in [-0.15, -0.1) is 0 Å². The molecule has 0 radical (unpaired) electrons. The molecule has 1 aliphatic rings. The van der Waals surface area contributed by atoms with Crippen LogP contribution in [0.3, 0.4) is 0 Å². The predicted molar refractivity (Wildman–Crippen MR) is 70.7 cm³/mol. The number of nitrogens with zero attached hydrogens (tertiary/aromatic N) is 2. The van der Waals surface area contributed by atoms with Crippen LogP contribution in [0.2, 0.25) is 0 Å². The first-order valence-corrected chi connectivity index (χ1v) is 6.91. The molecule has 5 heteroatoms. The normalized spacial score (nSPS) is 18.8. The molecule has 0 aliphatic heterocycles. The van der Waals surface area contributed by atoms with Crippen LogP contribution in [0.4, 0.5) is 0 Å². The first kappa shape index (κ1) is 13.5. The second-order valence-corrected chi connectivity index (χ2v) is 4.88. The van der Waals surface area contributed by atoms with E-state index < -0.39 is 0 Å². The highest BCUT2D eigenvalue weighted by molar-refractivity contribution is 5.11. The van der Waals surface area contributed by atoms with Gasteiger partial charge in [0.05, 0.1) is 17.8 Å². The summed E-state index contributed by atoms with van der Waals surface area (Å²) in [5.74, 6) is 6.39. The van der Waals surface area contributed by atoms with Crippen LogP contribution in [0.1, 0.15) is 44.8 Å². The Labute approximate surface area is 109 Å². The molecule has 1 saturated carbocycles. The number of nitrogens with two attached hydrogens (primary N) is 1. The molecule has 1 fully saturated rings. The molecule has 2 unspecified atom stereocenters. The van der Waals surface area contributed by atoms with Crippen LogP contribution in [0.5, 0.6) is 0 Å². The van der Waals surface area contributed by atoms with Crippen molar-refractivity contribution in [3.05, 3.63) is 18.0 Å². The van der Waals surface area contributed by atoms with Gasteiger partial charge in [0.25, 0.3) is 0 Å². The highest BCUT2D eigenvalue weighted by Crippen LogP contribution is 2.39. The van der Waals surface area contributed by atoms with Crippen molar-refractivity contribution in [3.63, 3.8) is 0 Å². The molecule has 2 atom stereocenters. The lowest BCUT2D eigenvalue weighted by atomic mass is 10.0. The van der Waals surface area contributed by atoms with E-state index in [0.717, 1.165) is 25.3 Å². The number of rotatable bonds is 8. The molecule has 1 aromatic heterocycles. The molecule has 102 valence electrons. The zero-order valence-electron chi connectivity index (χ0n) is 11.3. The van der Waals surface area contributed by atoms with E-state index in [2.05, 4.69) is 17.4 Å². The Hall–Kier alpha value is -0.910. The monoisotopic (exact) mass is 252 g/mol.